The SMILES string of the molecule is COC(=O)c1cc(-c2cccc(OC3CC3)c2)n(-c2ccccc2Cl)n1. The van der Waals surface area contributed by atoms with Crippen LogP contribution >= 0.6 is 11.6 Å². The van der Waals surface area contributed by atoms with Crippen molar-refractivity contribution in [1.82, 2.24) is 9.78 Å². The van der Waals surface area contributed by atoms with E-state index in [0.717, 1.165) is 29.8 Å². The lowest BCUT2D eigenvalue weighted by Gasteiger charge is -2.11. The van der Waals surface area contributed by atoms with Crippen molar-refractivity contribution >= 4 is 17.6 Å². The Labute approximate surface area is 156 Å². The molecule has 1 saturated carbocycles. The first-order valence-electron chi connectivity index (χ1n) is 8.36. The van der Waals surface area contributed by atoms with Gasteiger partial charge in [-0.25, -0.2) is 9.48 Å². The summed E-state index contributed by atoms with van der Waals surface area (Å²) >= 11 is 6.35. The summed E-state index contributed by atoms with van der Waals surface area (Å²) in [5, 5.41) is 4.95. The highest BCUT2D eigenvalue weighted by Crippen LogP contribution is 2.32. The molecule has 1 aromatic heterocycles. The van der Waals surface area contributed by atoms with Gasteiger partial charge in [0.1, 0.15) is 5.75 Å². The molecule has 0 N–H and O–H groups in total. The van der Waals surface area contributed by atoms with Crippen molar-refractivity contribution in [2.24, 2.45) is 0 Å². The van der Waals surface area contributed by atoms with Crippen molar-refractivity contribution in [3.05, 3.63) is 65.3 Å². The van der Waals surface area contributed by atoms with Gasteiger partial charge in [0.2, 0.25) is 0 Å². The van der Waals surface area contributed by atoms with Gasteiger partial charge < -0.3 is 9.47 Å². The van der Waals surface area contributed by atoms with Crippen LogP contribution < -0.4 is 4.74 Å². The standard InChI is InChI=1S/C20H17ClN2O3/c1-25-20(24)17-12-19(23(22-17)18-8-3-2-7-16(18)21)13-5-4-6-15(11-13)26-14-9-10-14/h2-8,11-12,14H,9-10H2,1H3. The van der Waals surface area contributed by atoms with Gasteiger partial charge >= 0.3 is 5.97 Å². The number of esters is 1. The number of methoxy groups -OCH3 is 1. The summed E-state index contributed by atoms with van der Waals surface area (Å²) in [6.07, 6.45) is 2.49. The van der Waals surface area contributed by atoms with E-state index < -0.39 is 5.97 Å². The normalized spacial score (nSPS) is 13.5. The Morgan fingerprint density at radius 2 is 1.96 bits per heavy atom. The number of ether oxygens (including phenoxy) is 2. The number of carbonyl (C=O) groups is 1. The summed E-state index contributed by atoms with van der Waals surface area (Å²) in [7, 11) is 1.33. The number of rotatable bonds is 5. The fourth-order valence-electron chi connectivity index (χ4n) is 2.71. The Bertz CT molecular complexity index is 963. The fourth-order valence-corrected chi connectivity index (χ4v) is 2.92. The Morgan fingerprint density at radius 1 is 1.15 bits per heavy atom. The van der Waals surface area contributed by atoms with Crippen LogP contribution in [0.1, 0.15) is 23.3 Å². The molecule has 0 saturated heterocycles. The van der Waals surface area contributed by atoms with Gasteiger partial charge in [-0.05, 0) is 43.2 Å². The first-order chi connectivity index (χ1) is 12.7. The molecule has 4 rings (SSSR count). The molecular formula is C20H17ClN2O3. The van der Waals surface area contributed by atoms with Crippen molar-refractivity contribution < 1.29 is 14.3 Å². The first-order valence-corrected chi connectivity index (χ1v) is 8.74. The third-order valence-electron chi connectivity index (χ3n) is 4.14. The van der Waals surface area contributed by atoms with Gasteiger partial charge in [0.25, 0.3) is 0 Å². The van der Waals surface area contributed by atoms with Crippen LogP contribution in [-0.4, -0.2) is 29.0 Å². The van der Waals surface area contributed by atoms with Gasteiger partial charge in [-0.3, -0.25) is 0 Å². The summed E-state index contributed by atoms with van der Waals surface area (Å²) in [4.78, 5) is 12.0. The van der Waals surface area contributed by atoms with Crippen LogP contribution in [0, 0.1) is 0 Å². The van der Waals surface area contributed by atoms with Gasteiger partial charge in [0, 0.05) is 5.56 Å². The quantitative estimate of drug-likeness (QED) is 0.621. The number of nitrogens with zero attached hydrogens (tertiary/aromatic N) is 2. The molecule has 132 valence electrons. The van der Waals surface area contributed by atoms with E-state index in [-0.39, 0.29) is 5.69 Å². The van der Waals surface area contributed by atoms with Crippen LogP contribution in [0.2, 0.25) is 5.02 Å². The molecule has 0 atom stereocenters. The third kappa shape index (κ3) is 3.30. The highest BCUT2D eigenvalue weighted by atomic mass is 35.5. The number of halogens is 1. The molecule has 0 spiro atoms. The molecule has 3 aromatic rings. The zero-order valence-electron chi connectivity index (χ0n) is 14.2. The van der Waals surface area contributed by atoms with Crippen LogP contribution in [0.4, 0.5) is 0 Å². The van der Waals surface area contributed by atoms with E-state index in [0.29, 0.717) is 16.8 Å². The maximum Gasteiger partial charge on any atom is 0.358 e. The molecule has 2 aromatic carbocycles. The number of hydrogen-bond donors (Lipinski definition) is 0. The molecular weight excluding hydrogens is 352 g/mol. The largest absolute Gasteiger partial charge is 0.490 e. The number of benzene rings is 2. The maximum absolute atomic E-state index is 12.0. The summed E-state index contributed by atoms with van der Waals surface area (Å²) < 4.78 is 12.4. The highest BCUT2D eigenvalue weighted by molar-refractivity contribution is 6.32. The van der Waals surface area contributed by atoms with E-state index in [2.05, 4.69) is 5.10 Å². The molecule has 5 nitrogen and oxygen atoms in total. The molecule has 0 aliphatic heterocycles. The minimum atomic E-state index is -0.498. The number of carbonyl (C=O) groups excluding carboxylic acids is 1. The summed E-state index contributed by atoms with van der Waals surface area (Å²) in [6.45, 7) is 0. The highest BCUT2D eigenvalue weighted by Gasteiger charge is 2.24. The average molecular weight is 369 g/mol. The van der Waals surface area contributed by atoms with E-state index in [9.17, 15) is 4.79 Å². The molecule has 1 aliphatic rings. The van der Waals surface area contributed by atoms with Crippen LogP contribution in [0.3, 0.4) is 0 Å². The zero-order valence-corrected chi connectivity index (χ0v) is 14.9. The molecule has 0 bridgehead atoms. The van der Waals surface area contributed by atoms with Gasteiger partial charge in [-0.1, -0.05) is 35.9 Å². The molecule has 26 heavy (non-hydrogen) atoms. The van der Waals surface area contributed by atoms with Crippen LogP contribution in [0.5, 0.6) is 5.75 Å². The topological polar surface area (TPSA) is 53.4 Å². The lowest BCUT2D eigenvalue weighted by atomic mass is 10.1. The third-order valence-corrected chi connectivity index (χ3v) is 4.46. The van der Waals surface area contributed by atoms with E-state index in [4.69, 9.17) is 21.1 Å². The molecule has 0 unspecified atom stereocenters. The monoisotopic (exact) mass is 368 g/mol. The average Bonchev–Trinajstić information content (AvgIpc) is 3.36. The van der Waals surface area contributed by atoms with Gasteiger partial charge in [-0.15, -0.1) is 0 Å². The van der Waals surface area contributed by atoms with Crippen LogP contribution in [0.25, 0.3) is 16.9 Å². The Morgan fingerprint density at radius 3 is 2.69 bits per heavy atom. The van der Waals surface area contributed by atoms with E-state index in [1.54, 1.807) is 16.8 Å². The van der Waals surface area contributed by atoms with Crippen molar-refractivity contribution in [1.29, 1.82) is 0 Å². The van der Waals surface area contributed by atoms with E-state index >= 15 is 0 Å². The first kappa shape index (κ1) is 16.7. The van der Waals surface area contributed by atoms with E-state index in [1.165, 1.54) is 7.11 Å². The molecule has 0 amide bonds. The van der Waals surface area contributed by atoms with Gasteiger partial charge in [0.15, 0.2) is 5.69 Å². The molecule has 6 heteroatoms. The minimum Gasteiger partial charge on any atom is -0.490 e. The van der Waals surface area contributed by atoms with Crippen molar-refractivity contribution in [2.75, 3.05) is 7.11 Å². The summed E-state index contributed by atoms with van der Waals surface area (Å²) in [5.74, 6) is 0.305. The lowest BCUT2D eigenvalue weighted by Crippen LogP contribution is -2.05. The number of aromatic nitrogens is 2. The number of para-hydroxylation sites is 1. The minimum absolute atomic E-state index is 0.218. The second-order valence-corrected chi connectivity index (χ2v) is 6.52. The Kier molecular flexibility index (Phi) is 4.39. The van der Waals surface area contributed by atoms with Crippen LogP contribution in [-0.2, 0) is 4.74 Å². The second-order valence-electron chi connectivity index (χ2n) is 6.11. The predicted octanol–water partition coefficient (Wildman–Crippen LogP) is 4.52. The van der Waals surface area contributed by atoms with Crippen molar-refractivity contribution in [3.8, 4) is 22.7 Å². The van der Waals surface area contributed by atoms with Gasteiger partial charge in [0.05, 0.1) is 29.6 Å². The molecule has 0 radical (unpaired) electrons. The second kappa shape index (κ2) is 6.84. The van der Waals surface area contributed by atoms with Crippen LogP contribution in [0.15, 0.2) is 54.6 Å². The predicted molar refractivity (Wildman–Crippen MR) is 99.0 cm³/mol. The smallest absolute Gasteiger partial charge is 0.358 e. The summed E-state index contributed by atoms with van der Waals surface area (Å²) in [5.41, 5.74) is 2.52. The Hall–Kier alpha value is -2.79. The summed E-state index contributed by atoms with van der Waals surface area (Å²) in [6, 6.07) is 16.8. The lowest BCUT2D eigenvalue weighted by molar-refractivity contribution is 0.0593. The zero-order chi connectivity index (χ0) is 18.1. The molecule has 1 aliphatic carbocycles. The fraction of sp³-hybridized carbons (Fsp3) is 0.200. The number of hydrogen-bond acceptors (Lipinski definition) is 4. The van der Waals surface area contributed by atoms with Crippen molar-refractivity contribution in [3.63, 3.8) is 0 Å². The van der Waals surface area contributed by atoms with Crippen molar-refractivity contribution in [2.45, 2.75) is 18.9 Å². The molecule has 1 fully saturated rings. The van der Waals surface area contributed by atoms with E-state index in [1.807, 2.05) is 42.5 Å². The van der Waals surface area contributed by atoms with Gasteiger partial charge in [-0.2, -0.15) is 5.10 Å². The Balaban J connectivity index is 1.82. The molecule has 1 heterocycles. The maximum atomic E-state index is 12.0.